The first kappa shape index (κ1) is 14.2. The smallest absolute Gasteiger partial charge is 0.126 e. The summed E-state index contributed by atoms with van der Waals surface area (Å²) in [5.74, 6) is 0.892. The summed E-state index contributed by atoms with van der Waals surface area (Å²) in [4.78, 5) is 0. The summed E-state index contributed by atoms with van der Waals surface area (Å²) in [7, 11) is 0. The summed E-state index contributed by atoms with van der Waals surface area (Å²) >= 11 is 0. The summed E-state index contributed by atoms with van der Waals surface area (Å²) in [5, 5.41) is 0. The van der Waals surface area contributed by atoms with Gasteiger partial charge in [-0.15, -0.1) is 0 Å². The first-order valence-electron chi connectivity index (χ1n) is 6.48. The summed E-state index contributed by atoms with van der Waals surface area (Å²) in [5.41, 5.74) is 2.06. The van der Waals surface area contributed by atoms with Gasteiger partial charge in [0.15, 0.2) is 0 Å². The molecule has 0 spiro atoms. The van der Waals surface area contributed by atoms with E-state index in [2.05, 4.69) is 19.9 Å². The van der Waals surface area contributed by atoms with Crippen molar-refractivity contribution in [1.29, 1.82) is 0 Å². The van der Waals surface area contributed by atoms with Gasteiger partial charge in [0.1, 0.15) is 5.82 Å². The molecule has 17 heavy (non-hydrogen) atoms. The van der Waals surface area contributed by atoms with Gasteiger partial charge in [0, 0.05) is 0 Å². The van der Waals surface area contributed by atoms with Crippen molar-refractivity contribution in [2.45, 2.75) is 65.2 Å². The third-order valence-corrected chi connectivity index (χ3v) is 3.74. The normalized spacial score (nSPS) is 16.9. The second-order valence-corrected chi connectivity index (χ2v) is 5.27. The lowest BCUT2D eigenvalue weighted by atomic mass is 9.83. The molecule has 1 aliphatic carbocycles. The second kappa shape index (κ2) is 6.18. The van der Waals surface area contributed by atoms with Crippen LogP contribution < -0.4 is 0 Å². The van der Waals surface area contributed by atoms with Crippen molar-refractivity contribution >= 4 is 0 Å². The number of rotatable bonds is 2. The van der Waals surface area contributed by atoms with Gasteiger partial charge in [0.2, 0.25) is 0 Å². The van der Waals surface area contributed by atoms with Crippen LogP contribution in [0.15, 0.2) is 18.2 Å². The molecule has 0 nitrogen and oxygen atoms in total. The Morgan fingerprint density at radius 3 is 2.29 bits per heavy atom. The Kier molecular flexibility index (Phi) is 5.17. The van der Waals surface area contributed by atoms with E-state index in [4.69, 9.17) is 0 Å². The Balaban J connectivity index is 0.00000144. The van der Waals surface area contributed by atoms with Gasteiger partial charge in [-0.1, -0.05) is 52.7 Å². The zero-order valence-corrected chi connectivity index (χ0v) is 10.3. The van der Waals surface area contributed by atoms with Crippen LogP contribution >= 0.6 is 0 Å². The van der Waals surface area contributed by atoms with E-state index in [9.17, 15) is 4.39 Å². The highest BCUT2D eigenvalue weighted by molar-refractivity contribution is 5.29. The van der Waals surface area contributed by atoms with Crippen LogP contribution in [0, 0.1) is 5.82 Å². The minimum Gasteiger partial charge on any atom is -0.207 e. The average Bonchev–Trinajstić information content (AvgIpc) is 2.30. The topological polar surface area (TPSA) is 0 Å². The van der Waals surface area contributed by atoms with Crippen LogP contribution in [0.5, 0.6) is 0 Å². The van der Waals surface area contributed by atoms with Crippen molar-refractivity contribution in [2.75, 3.05) is 0 Å². The first-order valence-corrected chi connectivity index (χ1v) is 6.48. The average molecular weight is 236 g/mol. The molecule has 0 aromatic heterocycles. The van der Waals surface area contributed by atoms with E-state index in [0.29, 0.717) is 11.8 Å². The van der Waals surface area contributed by atoms with Crippen LogP contribution in [0.3, 0.4) is 0 Å². The quantitative estimate of drug-likeness (QED) is 0.624. The molecule has 1 saturated carbocycles. The van der Waals surface area contributed by atoms with Gasteiger partial charge in [0.05, 0.1) is 0 Å². The predicted molar refractivity (Wildman–Crippen MR) is 73.0 cm³/mol. The molecule has 0 N–H and O–H groups in total. The molecule has 0 aliphatic heterocycles. The maximum Gasteiger partial charge on any atom is 0.126 e. The molecule has 1 heteroatoms. The van der Waals surface area contributed by atoms with Crippen molar-refractivity contribution in [3.63, 3.8) is 0 Å². The van der Waals surface area contributed by atoms with E-state index in [-0.39, 0.29) is 13.2 Å². The van der Waals surface area contributed by atoms with Gasteiger partial charge < -0.3 is 0 Å². The number of benzene rings is 1. The number of hydrogen-bond donors (Lipinski definition) is 0. The van der Waals surface area contributed by atoms with E-state index in [0.717, 1.165) is 24.0 Å². The molecule has 1 aliphatic rings. The molecule has 1 aromatic rings. The molecule has 1 aromatic carbocycles. The Morgan fingerprint density at radius 2 is 1.76 bits per heavy atom. The van der Waals surface area contributed by atoms with Gasteiger partial charge in [-0.3, -0.25) is 0 Å². The molecular weight excluding hydrogens is 211 g/mol. The summed E-state index contributed by atoms with van der Waals surface area (Å²) in [6.45, 7) is 4.21. The number of halogens is 1. The SMILES string of the molecule is C.CC(C)c1ccc(C2CCCCC2)c(F)c1. The number of hydrogen-bond acceptors (Lipinski definition) is 0. The van der Waals surface area contributed by atoms with E-state index in [1.165, 1.54) is 19.3 Å². The molecule has 0 amide bonds. The van der Waals surface area contributed by atoms with Crippen molar-refractivity contribution in [2.24, 2.45) is 0 Å². The van der Waals surface area contributed by atoms with Gasteiger partial charge in [-0.05, 0) is 41.9 Å². The molecule has 96 valence electrons. The van der Waals surface area contributed by atoms with Crippen molar-refractivity contribution in [3.8, 4) is 0 Å². The van der Waals surface area contributed by atoms with Crippen molar-refractivity contribution < 1.29 is 4.39 Å². The maximum atomic E-state index is 14.0. The van der Waals surface area contributed by atoms with E-state index < -0.39 is 0 Å². The highest BCUT2D eigenvalue weighted by Gasteiger charge is 2.19. The molecular formula is C16H25F. The third kappa shape index (κ3) is 3.31. The Hall–Kier alpha value is -0.850. The van der Waals surface area contributed by atoms with Crippen LogP contribution in [-0.4, -0.2) is 0 Å². The van der Waals surface area contributed by atoms with E-state index in [1.807, 2.05) is 6.07 Å². The van der Waals surface area contributed by atoms with Crippen molar-refractivity contribution in [3.05, 3.63) is 35.1 Å². The third-order valence-electron chi connectivity index (χ3n) is 3.74. The van der Waals surface area contributed by atoms with Gasteiger partial charge >= 0.3 is 0 Å². The fraction of sp³-hybridized carbons (Fsp3) is 0.625. The standard InChI is InChI=1S/C15H21F.CH4/c1-11(2)13-8-9-14(15(16)10-13)12-6-4-3-5-7-12;/h8-12H,3-7H2,1-2H3;1H4. The molecule has 2 rings (SSSR count). The summed E-state index contributed by atoms with van der Waals surface area (Å²) in [6.07, 6.45) is 6.17. The van der Waals surface area contributed by atoms with Gasteiger partial charge in [-0.25, -0.2) is 4.39 Å². The van der Waals surface area contributed by atoms with Gasteiger partial charge in [-0.2, -0.15) is 0 Å². The fourth-order valence-corrected chi connectivity index (χ4v) is 2.65. The molecule has 1 fully saturated rings. The molecule has 0 saturated heterocycles. The lowest BCUT2D eigenvalue weighted by Gasteiger charge is -2.23. The van der Waals surface area contributed by atoms with E-state index in [1.54, 1.807) is 6.07 Å². The summed E-state index contributed by atoms with van der Waals surface area (Å²) < 4.78 is 14.0. The molecule has 0 heterocycles. The Labute approximate surface area is 105 Å². The minimum atomic E-state index is 0. The van der Waals surface area contributed by atoms with E-state index >= 15 is 0 Å². The van der Waals surface area contributed by atoms with Crippen LogP contribution in [-0.2, 0) is 0 Å². The predicted octanol–water partition coefficient (Wildman–Crippen LogP) is 5.63. The highest BCUT2D eigenvalue weighted by atomic mass is 19.1. The van der Waals surface area contributed by atoms with Gasteiger partial charge in [0.25, 0.3) is 0 Å². The lowest BCUT2D eigenvalue weighted by molar-refractivity contribution is 0.429. The van der Waals surface area contributed by atoms with Crippen LogP contribution in [0.25, 0.3) is 0 Å². The Bertz CT molecular complexity index is 349. The lowest BCUT2D eigenvalue weighted by Crippen LogP contribution is -2.07. The minimum absolute atomic E-state index is 0. The molecule has 0 radical (unpaired) electrons. The fourth-order valence-electron chi connectivity index (χ4n) is 2.65. The zero-order chi connectivity index (χ0) is 11.5. The second-order valence-electron chi connectivity index (χ2n) is 5.27. The Morgan fingerprint density at radius 1 is 1.12 bits per heavy atom. The highest BCUT2D eigenvalue weighted by Crippen LogP contribution is 2.34. The van der Waals surface area contributed by atoms with Crippen molar-refractivity contribution in [1.82, 2.24) is 0 Å². The molecule has 0 atom stereocenters. The molecule has 0 bridgehead atoms. The monoisotopic (exact) mass is 236 g/mol. The van der Waals surface area contributed by atoms with Crippen LogP contribution in [0.1, 0.15) is 76.3 Å². The van der Waals surface area contributed by atoms with Crippen LogP contribution in [0.4, 0.5) is 4.39 Å². The maximum absolute atomic E-state index is 14.0. The first-order chi connectivity index (χ1) is 7.68. The molecule has 0 unspecified atom stereocenters. The largest absolute Gasteiger partial charge is 0.207 e. The summed E-state index contributed by atoms with van der Waals surface area (Å²) in [6, 6.07) is 5.84. The van der Waals surface area contributed by atoms with Crippen LogP contribution in [0.2, 0.25) is 0 Å². The zero-order valence-electron chi connectivity index (χ0n) is 10.3.